The van der Waals surface area contributed by atoms with Crippen molar-refractivity contribution in [3.63, 3.8) is 0 Å². The van der Waals surface area contributed by atoms with Gasteiger partial charge in [-0.15, -0.1) is 0 Å². The molecule has 0 unspecified atom stereocenters. The number of halogens is 5. The van der Waals surface area contributed by atoms with Gasteiger partial charge < -0.3 is 0 Å². The highest BCUT2D eigenvalue weighted by Gasteiger charge is 2.14. The van der Waals surface area contributed by atoms with Crippen molar-refractivity contribution in [2.75, 3.05) is 0 Å². The zero-order valence-electron chi connectivity index (χ0n) is 11.6. The van der Waals surface area contributed by atoms with Gasteiger partial charge in [0.2, 0.25) is 0 Å². The van der Waals surface area contributed by atoms with Crippen LogP contribution in [-0.2, 0) is 0 Å². The zero-order valence-corrected chi connectivity index (χ0v) is 12.3. The van der Waals surface area contributed by atoms with E-state index in [2.05, 4.69) is 0 Å². The Morgan fingerprint density at radius 3 is 1.65 bits per heavy atom. The molecule has 3 aromatic carbocycles. The molecule has 0 atom stereocenters. The van der Waals surface area contributed by atoms with Crippen LogP contribution < -0.4 is 0 Å². The molecular formula is C18H9ClF4. The van der Waals surface area contributed by atoms with Crippen LogP contribution >= 0.6 is 11.6 Å². The zero-order chi connectivity index (χ0) is 16.6. The van der Waals surface area contributed by atoms with Gasteiger partial charge in [0.15, 0.2) is 17.5 Å². The second kappa shape index (κ2) is 6.05. The van der Waals surface area contributed by atoms with E-state index in [1.165, 1.54) is 12.1 Å². The smallest absolute Gasteiger partial charge is 0.194 e. The molecule has 116 valence electrons. The van der Waals surface area contributed by atoms with E-state index in [-0.39, 0.29) is 11.1 Å². The second-order valence-electron chi connectivity index (χ2n) is 4.96. The molecule has 5 heteroatoms. The maximum Gasteiger partial charge on any atom is 0.194 e. The van der Waals surface area contributed by atoms with Gasteiger partial charge in [-0.2, -0.15) is 0 Å². The lowest BCUT2D eigenvalue weighted by molar-refractivity contribution is 0.447. The first-order chi connectivity index (χ1) is 11.0. The topological polar surface area (TPSA) is 0 Å². The highest BCUT2D eigenvalue weighted by atomic mass is 35.5. The summed E-state index contributed by atoms with van der Waals surface area (Å²) in [5.41, 5.74) is 1.25. The molecule has 0 saturated heterocycles. The summed E-state index contributed by atoms with van der Waals surface area (Å²) in [5.74, 6) is -4.96. The first-order valence-corrected chi connectivity index (χ1v) is 7.04. The molecular weight excluding hydrogens is 328 g/mol. The maximum atomic E-state index is 14.3. The van der Waals surface area contributed by atoms with Gasteiger partial charge in [-0.05, 0) is 47.0 Å². The van der Waals surface area contributed by atoms with Crippen molar-refractivity contribution in [1.29, 1.82) is 0 Å². The lowest BCUT2D eigenvalue weighted by Crippen LogP contribution is -1.93. The monoisotopic (exact) mass is 336 g/mol. The van der Waals surface area contributed by atoms with Gasteiger partial charge in [-0.3, -0.25) is 0 Å². The van der Waals surface area contributed by atoms with Crippen molar-refractivity contribution >= 4 is 11.6 Å². The van der Waals surface area contributed by atoms with E-state index < -0.39 is 23.3 Å². The minimum Gasteiger partial charge on any atom is -0.206 e. The lowest BCUT2D eigenvalue weighted by Gasteiger charge is -2.08. The first-order valence-electron chi connectivity index (χ1n) is 6.66. The molecule has 0 fully saturated rings. The Bertz CT molecular complexity index is 850. The van der Waals surface area contributed by atoms with E-state index in [4.69, 9.17) is 11.6 Å². The molecule has 0 aliphatic carbocycles. The summed E-state index contributed by atoms with van der Waals surface area (Å²) >= 11 is 5.80. The molecule has 23 heavy (non-hydrogen) atoms. The third-order valence-corrected chi connectivity index (χ3v) is 3.69. The Hall–Kier alpha value is -2.33. The Morgan fingerprint density at radius 2 is 1.09 bits per heavy atom. The van der Waals surface area contributed by atoms with Gasteiger partial charge in [-0.25, -0.2) is 17.6 Å². The van der Waals surface area contributed by atoms with Gasteiger partial charge in [0.25, 0.3) is 0 Å². The third kappa shape index (κ3) is 3.08. The summed E-state index contributed by atoms with van der Waals surface area (Å²) in [7, 11) is 0. The molecule has 3 aromatic rings. The molecule has 0 aliphatic heterocycles. The molecule has 0 nitrogen and oxygen atoms in total. The molecule has 0 saturated carbocycles. The second-order valence-corrected chi connectivity index (χ2v) is 5.39. The fraction of sp³-hybridized carbons (Fsp3) is 0. The van der Waals surface area contributed by atoms with Crippen molar-refractivity contribution in [3.05, 3.63) is 82.9 Å². The molecule has 0 aromatic heterocycles. The largest absolute Gasteiger partial charge is 0.206 e. The summed E-state index contributed by atoms with van der Waals surface area (Å²) in [6.45, 7) is 0. The summed E-state index contributed by atoms with van der Waals surface area (Å²) < 4.78 is 53.9. The van der Waals surface area contributed by atoms with E-state index in [1.807, 2.05) is 0 Å². The van der Waals surface area contributed by atoms with Gasteiger partial charge in [0, 0.05) is 10.6 Å². The normalized spacial score (nSPS) is 10.8. The Kier molecular flexibility index (Phi) is 4.09. The van der Waals surface area contributed by atoms with E-state index in [0.717, 1.165) is 17.7 Å². The molecule has 0 bridgehead atoms. The van der Waals surface area contributed by atoms with Crippen molar-refractivity contribution in [3.8, 4) is 22.3 Å². The molecule has 0 spiro atoms. The van der Waals surface area contributed by atoms with Crippen molar-refractivity contribution in [1.82, 2.24) is 0 Å². The molecule has 0 heterocycles. The van der Waals surface area contributed by atoms with Crippen molar-refractivity contribution < 1.29 is 17.6 Å². The predicted octanol–water partition coefficient (Wildman–Crippen LogP) is 6.23. The van der Waals surface area contributed by atoms with Crippen molar-refractivity contribution in [2.45, 2.75) is 0 Å². The summed E-state index contributed by atoms with van der Waals surface area (Å²) in [6.07, 6.45) is 0. The molecule has 3 rings (SSSR count). The highest BCUT2D eigenvalue weighted by Crippen LogP contribution is 2.30. The van der Waals surface area contributed by atoms with Crippen LogP contribution in [0.4, 0.5) is 17.6 Å². The average Bonchev–Trinajstić information content (AvgIpc) is 2.53. The number of hydrogen-bond donors (Lipinski definition) is 0. The minimum absolute atomic E-state index is 0.0134. The van der Waals surface area contributed by atoms with Gasteiger partial charge in [0.05, 0.1) is 0 Å². The SMILES string of the molecule is Fc1cc(-c2ccc(Cl)cc2)ccc1-c1cc(F)c(F)c(F)c1. The van der Waals surface area contributed by atoms with Crippen LogP contribution in [0.3, 0.4) is 0 Å². The van der Waals surface area contributed by atoms with Gasteiger partial charge in [0.1, 0.15) is 5.82 Å². The van der Waals surface area contributed by atoms with Gasteiger partial charge >= 0.3 is 0 Å². The van der Waals surface area contributed by atoms with E-state index >= 15 is 0 Å². The predicted molar refractivity (Wildman–Crippen MR) is 82.2 cm³/mol. The first kappa shape index (κ1) is 15.6. The van der Waals surface area contributed by atoms with Gasteiger partial charge in [-0.1, -0.05) is 35.9 Å². The van der Waals surface area contributed by atoms with E-state index in [9.17, 15) is 17.6 Å². The molecule has 0 N–H and O–H groups in total. The minimum atomic E-state index is -1.58. The summed E-state index contributed by atoms with van der Waals surface area (Å²) in [5, 5.41) is 0.558. The molecule has 0 aliphatic rings. The fourth-order valence-corrected chi connectivity index (χ4v) is 2.41. The quantitative estimate of drug-likeness (QED) is 0.384. The third-order valence-electron chi connectivity index (χ3n) is 3.44. The van der Waals surface area contributed by atoms with E-state index in [1.54, 1.807) is 30.3 Å². The Labute approximate surface area is 135 Å². The summed E-state index contributed by atoms with van der Waals surface area (Å²) in [6, 6.07) is 12.6. The summed E-state index contributed by atoms with van der Waals surface area (Å²) in [4.78, 5) is 0. The Morgan fingerprint density at radius 1 is 0.565 bits per heavy atom. The van der Waals surface area contributed by atoms with Crippen LogP contribution in [0.15, 0.2) is 54.6 Å². The van der Waals surface area contributed by atoms with Crippen LogP contribution in [0.2, 0.25) is 5.02 Å². The number of rotatable bonds is 2. The number of benzene rings is 3. The standard InChI is InChI=1S/C18H9ClF4/c19-13-4-1-10(2-5-13)11-3-6-14(15(20)7-11)12-8-16(21)18(23)17(22)9-12/h1-9H. The van der Waals surface area contributed by atoms with Crippen LogP contribution in [-0.4, -0.2) is 0 Å². The van der Waals surface area contributed by atoms with Crippen LogP contribution in [0, 0.1) is 23.3 Å². The molecule has 0 radical (unpaired) electrons. The van der Waals surface area contributed by atoms with Crippen LogP contribution in [0.1, 0.15) is 0 Å². The number of hydrogen-bond acceptors (Lipinski definition) is 0. The maximum absolute atomic E-state index is 14.3. The van der Waals surface area contributed by atoms with E-state index in [0.29, 0.717) is 10.6 Å². The average molecular weight is 337 g/mol. The van der Waals surface area contributed by atoms with Crippen LogP contribution in [0.5, 0.6) is 0 Å². The molecule has 0 amide bonds. The Balaban J connectivity index is 2.04. The lowest BCUT2D eigenvalue weighted by atomic mass is 9.99. The van der Waals surface area contributed by atoms with Crippen molar-refractivity contribution in [2.24, 2.45) is 0 Å². The van der Waals surface area contributed by atoms with Crippen LogP contribution in [0.25, 0.3) is 22.3 Å². The highest BCUT2D eigenvalue weighted by molar-refractivity contribution is 6.30. The fourth-order valence-electron chi connectivity index (χ4n) is 2.28.